The van der Waals surface area contributed by atoms with Crippen LogP contribution < -0.4 is 10.6 Å². The molecule has 0 spiro atoms. The van der Waals surface area contributed by atoms with Crippen molar-refractivity contribution in [3.8, 4) is 0 Å². The van der Waals surface area contributed by atoms with E-state index in [1.165, 1.54) is 21.6 Å². The van der Waals surface area contributed by atoms with Gasteiger partial charge < -0.3 is 15.5 Å². The first kappa shape index (κ1) is 16.1. The van der Waals surface area contributed by atoms with E-state index in [4.69, 9.17) is 0 Å². The molecule has 9 nitrogen and oxygen atoms in total. The van der Waals surface area contributed by atoms with Crippen molar-refractivity contribution in [2.24, 2.45) is 0 Å². The lowest BCUT2D eigenvalue weighted by Crippen LogP contribution is -2.62. The van der Waals surface area contributed by atoms with Crippen LogP contribution in [0.15, 0.2) is 12.4 Å². The second kappa shape index (κ2) is 6.38. The average Bonchev–Trinajstić information content (AvgIpc) is 2.49. The molecule has 126 valence electrons. The van der Waals surface area contributed by atoms with E-state index in [0.29, 0.717) is 37.7 Å². The minimum absolute atomic E-state index is 0.213. The third kappa shape index (κ3) is 3.43. The number of nitrogens with zero attached hydrogens (tertiary/aromatic N) is 4. The van der Waals surface area contributed by atoms with Crippen LogP contribution in [0.5, 0.6) is 0 Å². The normalized spacial score (nSPS) is 20.1. The van der Waals surface area contributed by atoms with Crippen molar-refractivity contribution in [1.82, 2.24) is 24.5 Å². The number of sulfonamides is 1. The second-order valence-corrected chi connectivity index (χ2v) is 7.88. The number of anilines is 1. The van der Waals surface area contributed by atoms with Crippen LogP contribution >= 0.6 is 0 Å². The molecule has 0 unspecified atom stereocenters. The number of carbonyl (C=O) groups excluding carboxylic acids is 1. The summed E-state index contributed by atoms with van der Waals surface area (Å²) in [5.74, 6) is 0.620. The standard InChI is InChI=1S/C13H20N6O3S/c1-10-15-6-11(7-16-10)17-13(20)18-8-12(9-18)23(21,22)19-4-2-14-3-5-19/h6-7,12,14H,2-5,8-9H2,1H3,(H,17,20). The fraction of sp³-hybridized carbons (Fsp3) is 0.615. The largest absolute Gasteiger partial charge is 0.322 e. The molecule has 0 atom stereocenters. The highest BCUT2D eigenvalue weighted by molar-refractivity contribution is 7.89. The Kier molecular flexibility index (Phi) is 4.46. The van der Waals surface area contributed by atoms with Crippen LogP contribution in [0.3, 0.4) is 0 Å². The molecule has 0 radical (unpaired) electrons. The maximum Gasteiger partial charge on any atom is 0.322 e. The van der Waals surface area contributed by atoms with Gasteiger partial charge in [0.15, 0.2) is 0 Å². The lowest BCUT2D eigenvalue weighted by atomic mass is 10.2. The first-order valence-electron chi connectivity index (χ1n) is 7.51. The minimum atomic E-state index is -3.32. The predicted octanol–water partition coefficient (Wildman–Crippen LogP) is -0.764. The van der Waals surface area contributed by atoms with E-state index < -0.39 is 15.3 Å². The van der Waals surface area contributed by atoms with Gasteiger partial charge in [0.05, 0.1) is 18.1 Å². The predicted molar refractivity (Wildman–Crippen MR) is 84.5 cm³/mol. The van der Waals surface area contributed by atoms with Crippen molar-refractivity contribution in [1.29, 1.82) is 0 Å². The summed E-state index contributed by atoms with van der Waals surface area (Å²) in [4.78, 5) is 21.5. The molecule has 2 aliphatic rings. The topological polar surface area (TPSA) is 108 Å². The van der Waals surface area contributed by atoms with Gasteiger partial charge >= 0.3 is 6.03 Å². The van der Waals surface area contributed by atoms with E-state index in [1.54, 1.807) is 6.92 Å². The highest BCUT2D eigenvalue weighted by atomic mass is 32.2. The molecule has 10 heteroatoms. The van der Waals surface area contributed by atoms with Gasteiger partial charge in [-0.1, -0.05) is 0 Å². The van der Waals surface area contributed by atoms with Crippen LogP contribution in [-0.2, 0) is 10.0 Å². The number of aryl methyl sites for hydroxylation is 1. The Labute approximate surface area is 135 Å². The van der Waals surface area contributed by atoms with E-state index in [2.05, 4.69) is 20.6 Å². The van der Waals surface area contributed by atoms with Crippen LogP contribution in [0, 0.1) is 6.92 Å². The number of aromatic nitrogens is 2. The van der Waals surface area contributed by atoms with Crippen molar-refractivity contribution in [2.45, 2.75) is 12.2 Å². The van der Waals surface area contributed by atoms with Crippen LogP contribution in [-0.4, -0.2) is 78.1 Å². The summed E-state index contributed by atoms with van der Waals surface area (Å²) >= 11 is 0. The van der Waals surface area contributed by atoms with Gasteiger partial charge in [0.25, 0.3) is 0 Å². The maximum absolute atomic E-state index is 12.5. The van der Waals surface area contributed by atoms with E-state index in [9.17, 15) is 13.2 Å². The SMILES string of the molecule is Cc1ncc(NC(=O)N2CC(S(=O)(=O)N3CCNCC3)C2)cn1. The molecule has 2 amide bonds. The number of rotatable bonds is 3. The number of urea groups is 1. The van der Waals surface area contributed by atoms with Crippen molar-refractivity contribution >= 4 is 21.7 Å². The first-order valence-corrected chi connectivity index (χ1v) is 9.01. The molecule has 2 fully saturated rings. The number of likely N-dealkylation sites (tertiary alicyclic amines) is 1. The summed E-state index contributed by atoms with van der Waals surface area (Å²) in [7, 11) is -3.32. The molecule has 0 saturated carbocycles. The van der Waals surface area contributed by atoms with E-state index in [-0.39, 0.29) is 19.1 Å². The van der Waals surface area contributed by atoms with E-state index in [1.807, 2.05) is 0 Å². The van der Waals surface area contributed by atoms with Crippen LogP contribution in [0.2, 0.25) is 0 Å². The molecule has 0 aromatic carbocycles. The lowest BCUT2D eigenvalue weighted by Gasteiger charge is -2.41. The molecule has 2 saturated heterocycles. The molecule has 0 bridgehead atoms. The van der Waals surface area contributed by atoms with Gasteiger partial charge in [-0.2, -0.15) is 4.31 Å². The highest BCUT2D eigenvalue weighted by Gasteiger charge is 2.43. The zero-order valence-electron chi connectivity index (χ0n) is 12.9. The van der Waals surface area contributed by atoms with Gasteiger partial charge in [0, 0.05) is 39.3 Å². The van der Waals surface area contributed by atoms with Gasteiger partial charge in [0.1, 0.15) is 11.1 Å². The zero-order valence-corrected chi connectivity index (χ0v) is 13.7. The Morgan fingerprint density at radius 3 is 2.48 bits per heavy atom. The summed E-state index contributed by atoms with van der Waals surface area (Å²) < 4.78 is 26.4. The van der Waals surface area contributed by atoms with Gasteiger partial charge in [0.2, 0.25) is 10.0 Å². The molecule has 3 rings (SSSR count). The summed E-state index contributed by atoms with van der Waals surface area (Å²) in [6.45, 7) is 4.51. The summed E-state index contributed by atoms with van der Waals surface area (Å²) in [5.41, 5.74) is 0.494. The maximum atomic E-state index is 12.5. The average molecular weight is 340 g/mol. The van der Waals surface area contributed by atoms with Crippen molar-refractivity contribution in [3.05, 3.63) is 18.2 Å². The fourth-order valence-electron chi connectivity index (χ4n) is 2.56. The number of nitrogens with one attached hydrogen (secondary N) is 2. The number of piperazine rings is 1. The minimum Gasteiger partial charge on any atom is -0.322 e. The molecule has 2 N–H and O–H groups in total. The monoisotopic (exact) mass is 340 g/mol. The van der Waals surface area contributed by atoms with Gasteiger partial charge in [-0.25, -0.2) is 23.2 Å². The molecule has 0 aliphatic carbocycles. The number of hydrogen-bond donors (Lipinski definition) is 2. The summed E-state index contributed by atoms with van der Waals surface area (Å²) in [6, 6.07) is -0.329. The lowest BCUT2D eigenvalue weighted by molar-refractivity contribution is 0.180. The Morgan fingerprint density at radius 2 is 1.87 bits per heavy atom. The van der Waals surface area contributed by atoms with Crippen molar-refractivity contribution in [2.75, 3.05) is 44.6 Å². The first-order chi connectivity index (χ1) is 11.0. The third-order valence-electron chi connectivity index (χ3n) is 4.02. The van der Waals surface area contributed by atoms with Gasteiger partial charge in [-0.3, -0.25) is 0 Å². The van der Waals surface area contributed by atoms with Crippen molar-refractivity contribution in [3.63, 3.8) is 0 Å². The third-order valence-corrected chi connectivity index (χ3v) is 6.25. The number of hydrogen-bond acceptors (Lipinski definition) is 6. The van der Waals surface area contributed by atoms with Crippen LogP contribution in [0.4, 0.5) is 10.5 Å². The molecule has 1 aromatic heterocycles. The highest BCUT2D eigenvalue weighted by Crippen LogP contribution is 2.21. The molecular weight excluding hydrogens is 320 g/mol. The quantitative estimate of drug-likeness (QED) is 0.749. The zero-order chi connectivity index (χ0) is 16.4. The Bertz CT molecular complexity index is 665. The molecular formula is C13H20N6O3S. The van der Waals surface area contributed by atoms with Gasteiger partial charge in [-0.05, 0) is 6.92 Å². The Hall–Kier alpha value is -1.78. The van der Waals surface area contributed by atoms with Gasteiger partial charge in [-0.15, -0.1) is 0 Å². The summed E-state index contributed by atoms with van der Waals surface area (Å²) in [5, 5.41) is 5.28. The Morgan fingerprint density at radius 1 is 1.26 bits per heavy atom. The van der Waals surface area contributed by atoms with Crippen molar-refractivity contribution < 1.29 is 13.2 Å². The van der Waals surface area contributed by atoms with Crippen LogP contribution in [0.1, 0.15) is 5.82 Å². The van der Waals surface area contributed by atoms with E-state index >= 15 is 0 Å². The second-order valence-electron chi connectivity index (χ2n) is 5.67. The van der Waals surface area contributed by atoms with E-state index in [0.717, 1.165) is 0 Å². The summed E-state index contributed by atoms with van der Waals surface area (Å²) in [6.07, 6.45) is 3.05. The number of carbonyl (C=O) groups is 1. The molecule has 23 heavy (non-hydrogen) atoms. The molecule has 3 heterocycles. The Balaban J connectivity index is 1.53. The fourth-order valence-corrected chi connectivity index (χ4v) is 4.41. The van der Waals surface area contributed by atoms with Crippen LogP contribution in [0.25, 0.3) is 0 Å². The molecule has 1 aromatic rings. The molecule has 2 aliphatic heterocycles. The smallest absolute Gasteiger partial charge is 0.322 e. The number of amides is 2.